The topological polar surface area (TPSA) is 57.8 Å². The van der Waals surface area contributed by atoms with Gasteiger partial charge in [0.2, 0.25) is 0 Å². The van der Waals surface area contributed by atoms with Crippen molar-refractivity contribution in [1.82, 2.24) is 9.97 Å². The Hall–Kier alpha value is -0.550. The lowest BCUT2D eigenvalue weighted by molar-refractivity contribution is 0.449. The lowest BCUT2D eigenvalue weighted by Crippen LogP contribution is -2.26. The van der Waals surface area contributed by atoms with Crippen LogP contribution in [0.4, 0.5) is 5.82 Å². The first-order chi connectivity index (χ1) is 6.96. The van der Waals surface area contributed by atoms with Gasteiger partial charge in [-0.25, -0.2) is 4.98 Å². The fourth-order valence-electron chi connectivity index (χ4n) is 0.877. The molecule has 1 aromatic heterocycles. The maximum atomic E-state index is 11.2. The number of nitrogens with one attached hydrogen (secondary N) is 2. The van der Waals surface area contributed by atoms with Crippen LogP contribution in [0.2, 0.25) is 0 Å². The zero-order chi connectivity index (χ0) is 11.5. The number of aromatic nitrogens is 2. The van der Waals surface area contributed by atoms with Gasteiger partial charge in [-0.1, -0.05) is 13.8 Å². The molecule has 0 aliphatic heterocycles. The van der Waals surface area contributed by atoms with Crippen LogP contribution in [0.1, 0.15) is 13.8 Å². The predicted molar refractivity (Wildman–Crippen MR) is 65.5 cm³/mol. The van der Waals surface area contributed by atoms with Crippen LogP contribution in [0, 0.1) is 5.41 Å². The largest absolute Gasteiger partial charge is 0.368 e. The van der Waals surface area contributed by atoms with Gasteiger partial charge in [0.15, 0.2) is 0 Å². The minimum atomic E-state index is -0.198. The van der Waals surface area contributed by atoms with Crippen LogP contribution in [0.25, 0.3) is 0 Å². The van der Waals surface area contributed by atoms with Crippen LogP contribution in [0.15, 0.2) is 15.6 Å². The Morgan fingerprint density at radius 2 is 2.33 bits per heavy atom. The van der Waals surface area contributed by atoms with Gasteiger partial charge in [-0.2, -0.15) is 0 Å². The summed E-state index contributed by atoms with van der Waals surface area (Å²) < 4.78 is 0.412. The van der Waals surface area contributed by atoms with Crippen LogP contribution in [0.5, 0.6) is 0 Å². The number of anilines is 1. The fourth-order valence-corrected chi connectivity index (χ4v) is 1.33. The van der Waals surface area contributed by atoms with E-state index < -0.39 is 0 Å². The second-order valence-electron chi connectivity index (χ2n) is 4.05. The van der Waals surface area contributed by atoms with E-state index in [0.29, 0.717) is 22.7 Å². The van der Waals surface area contributed by atoms with E-state index in [4.69, 9.17) is 11.6 Å². The summed E-state index contributed by atoms with van der Waals surface area (Å²) in [5, 5.41) is 3.08. The molecule has 1 heterocycles. The molecule has 4 nitrogen and oxygen atoms in total. The number of H-pyrrole nitrogens is 1. The molecule has 0 aromatic carbocycles. The summed E-state index contributed by atoms with van der Waals surface area (Å²) in [7, 11) is 0. The zero-order valence-corrected chi connectivity index (χ0v) is 10.9. The minimum absolute atomic E-state index is 0.0364. The molecule has 0 unspecified atom stereocenters. The second kappa shape index (κ2) is 4.99. The fraction of sp³-hybridized carbons (Fsp3) is 0.556. The smallest absolute Gasteiger partial charge is 0.267 e. The van der Waals surface area contributed by atoms with Gasteiger partial charge in [0.1, 0.15) is 10.3 Å². The Morgan fingerprint density at radius 1 is 1.67 bits per heavy atom. The molecule has 0 aliphatic rings. The Bertz CT molecular complexity index is 391. The minimum Gasteiger partial charge on any atom is -0.368 e. The Labute approximate surface area is 102 Å². The molecule has 0 radical (unpaired) electrons. The van der Waals surface area contributed by atoms with Gasteiger partial charge in [0.05, 0.1) is 6.33 Å². The first kappa shape index (κ1) is 12.5. The molecular formula is C9H13BrClN3O. The van der Waals surface area contributed by atoms with Gasteiger partial charge in [0.25, 0.3) is 5.56 Å². The molecule has 0 fully saturated rings. The van der Waals surface area contributed by atoms with Crippen LogP contribution in [-0.2, 0) is 0 Å². The number of aromatic amines is 1. The number of halogens is 2. The van der Waals surface area contributed by atoms with E-state index >= 15 is 0 Å². The van der Waals surface area contributed by atoms with Gasteiger partial charge < -0.3 is 10.3 Å². The molecule has 84 valence electrons. The molecule has 15 heavy (non-hydrogen) atoms. The summed E-state index contributed by atoms with van der Waals surface area (Å²) in [4.78, 5) is 17.7. The maximum Gasteiger partial charge on any atom is 0.267 e. The number of rotatable bonds is 4. The van der Waals surface area contributed by atoms with Crippen molar-refractivity contribution in [3.05, 3.63) is 21.2 Å². The van der Waals surface area contributed by atoms with E-state index in [2.05, 4.69) is 31.2 Å². The van der Waals surface area contributed by atoms with Gasteiger partial charge in [0, 0.05) is 12.4 Å². The Balaban J connectivity index is 2.74. The average molecular weight is 295 g/mol. The van der Waals surface area contributed by atoms with E-state index in [1.54, 1.807) is 0 Å². The Morgan fingerprint density at radius 3 is 2.93 bits per heavy atom. The average Bonchev–Trinajstić information content (AvgIpc) is 2.20. The number of hydrogen-bond donors (Lipinski definition) is 2. The van der Waals surface area contributed by atoms with Gasteiger partial charge in [-0.3, -0.25) is 4.79 Å². The Kier molecular flexibility index (Phi) is 4.16. The van der Waals surface area contributed by atoms with Gasteiger partial charge >= 0.3 is 0 Å². The maximum absolute atomic E-state index is 11.2. The molecule has 1 rings (SSSR count). The summed E-state index contributed by atoms with van der Waals surface area (Å²) in [6.45, 7) is 4.73. The number of alkyl halides is 1. The first-order valence-corrected chi connectivity index (χ1v) is 5.82. The summed E-state index contributed by atoms with van der Waals surface area (Å²) >= 11 is 8.96. The summed E-state index contributed by atoms with van der Waals surface area (Å²) in [5.74, 6) is 1.08. The lowest BCUT2D eigenvalue weighted by atomic mass is 9.97. The van der Waals surface area contributed by atoms with Crippen molar-refractivity contribution in [3.8, 4) is 0 Å². The van der Waals surface area contributed by atoms with Crippen molar-refractivity contribution in [1.29, 1.82) is 0 Å². The zero-order valence-electron chi connectivity index (χ0n) is 8.60. The quantitative estimate of drug-likeness (QED) is 0.837. The second-order valence-corrected chi connectivity index (χ2v) is 5.11. The molecule has 6 heteroatoms. The monoisotopic (exact) mass is 293 g/mol. The standard InChI is InChI=1S/C9H13BrClN3O/c1-9(2,3-11)4-12-7-6(10)8(15)14-5-13-7/h5H,3-4H2,1-2H3,(H2,12,13,14,15). The van der Waals surface area contributed by atoms with Crippen LogP contribution < -0.4 is 10.9 Å². The van der Waals surface area contributed by atoms with E-state index in [9.17, 15) is 4.79 Å². The van der Waals surface area contributed by atoms with E-state index in [-0.39, 0.29) is 11.0 Å². The van der Waals surface area contributed by atoms with Gasteiger partial charge in [-0.05, 0) is 21.3 Å². The van der Waals surface area contributed by atoms with E-state index in [0.717, 1.165) is 0 Å². The molecular weight excluding hydrogens is 281 g/mol. The van der Waals surface area contributed by atoms with Gasteiger partial charge in [-0.15, -0.1) is 11.6 Å². The van der Waals surface area contributed by atoms with Crippen LogP contribution >= 0.6 is 27.5 Å². The lowest BCUT2D eigenvalue weighted by Gasteiger charge is -2.22. The van der Waals surface area contributed by atoms with Crippen molar-refractivity contribution in [3.63, 3.8) is 0 Å². The third-order valence-electron chi connectivity index (χ3n) is 1.89. The highest BCUT2D eigenvalue weighted by Crippen LogP contribution is 2.19. The molecule has 2 N–H and O–H groups in total. The highest BCUT2D eigenvalue weighted by atomic mass is 79.9. The first-order valence-electron chi connectivity index (χ1n) is 4.49. The van der Waals surface area contributed by atoms with E-state index in [1.165, 1.54) is 6.33 Å². The highest BCUT2D eigenvalue weighted by Gasteiger charge is 2.17. The third kappa shape index (κ3) is 3.50. The normalized spacial score (nSPS) is 11.5. The molecule has 0 saturated carbocycles. The molecule has 0 spiro atoms. The van der Waals surface area contributed by atoms with Crippen molar-refractivity contribution in [2.45, 2.75) is 13.8 Å². The van der Waals surface area contributed by atoms with Crippen LogP contribution in [-0.4, -0.2) is 22.4 Å². The molecule has 1 aromatic rings. The van der Waals surface area contributed by atoms with Crippen molar-refractivity contribution in [2.24, 2.45) is 5.41 Å². The third-order valence-corrected chi connectivity index (χ3v) is 3.35. The molecule has 0 amide bonds. The molecule has 0 aliphatic carbocycles. The summed E-state index contributed by atoms with van der Waals surface area (Å²) in [6, 6.07) is 0. The highest BCUT2D eigenvalue weighted by molar-refractivity contribution is 9.10. The van der Waals surface area contributed by atoms with Crippen molar-refractivity contribution < 1.29 is 0 Å². The van der Waals surface area contributed by atoms with Crippen LogP contribution in [0.3, 0.4) is 0 Å². The number of nitrogens with zero attached hydrogens (tertiary/aromatic N) is 1. The summed E-state index contributed by atoms with van der Waals surface area (Å²) in [6.07, 6.45) is 1.36. The molecule has 0 atom stereocenters. The van der Waals surface area contributed by atoms with Crippen molar-refractivity contribution >= 4 is 33.3 Å². The van der Waals surface area contributed by atoms with Crippen molar-refractivity contribution in [2.75, 3.05) is 17.7 Å². The number of hydrogen-bond acceptors (Lipinski definition) is 3. The predicted octanol–water partition coefficient (Wildman–Crippen LogP) is 2.21. The summed E-state index contributed by atoms with van der Waals surface area (Å²) in [5.41, 5.74) is -0.234. The van der Waals surface area contributed by atoms with E-state index in [1.807, 2.05) is 13.8 Å². The SMILES string of the molecule is CC(C)(CCl)CNc1nc[nH]c(=O)c1Br. The molecule has 0 saturated heterocycles. The molecule has 0 bridgehead atoms.